The molecule has 2 rings (SSSR count). The van der Waals surface area contributed by atoms with Crippen LogP contribution in [0.5, 0.6) is 0 Å². The SMILES string of the molecule is CCCNCc1coc(CN2CC=C(COC)CC2)c1. The molecule has 0 saturated carbocycles. The Morgan fingerprint density at radius 3 is 3.05 bits per heavy atom. The van der Waals surface area contributed by atoms with Crippen molar-refractivity contribution in [3.8, 4) is 0 Å². The zero-order chi connectivity index (χ0) is 14.2. The molecule has 0 aromatic carbocycles. The van der Waals surface area contributed by atoms with Gasteiger partial charge in [-0.3, -0.25) is 4.90 Å². The number of nitrogens with one attached hydrogen (secondary N) is 1. The lowest BCUT2D eigenvalue weighted by atomic mass is 10.1. The summed E-state index contributed by atoms with van der Waals surface area (Å²) in [6.07, 6.45) is 6.40. The van der Waals surface area contributed by atoms with E-state index in [0.29, 0.717) is 0 Å². The van der Waals surface area contributed by atoms with Gasteiger partial charge in [0.05, 0.1) is 19.4 Å². The molecule has 0 saturated heterocycles. The van der Waals surface area contributed by atoms with Crippen LogP contribution in [-0.4, -0.2) is 38.3 Å². The summed E-state index contributed by atoms with van der Waals surface area (Å²) in [6.45, 7) is 7.86. The van der Waals surface area contributed by atoms with E-state index in [1.54, 1.807) is 7.11 Å². The van der Waals surface area contributed by atoms with Crippen molar-refractivity contribution in [1.82, 2.24) is 10.2 Å². The molecule has 4 nitrogen and oxygen atoms in total. The Bertz CT molecular complexity index is 426. The highest BCUT2D eigenvalue weighted by Crippen LogP contribution is 2.15. The van der Waals surface area contributed by atoms with Crippen LogP contribution in [0, 0.1) is 0 Å². The summed E-state index contributed by atoms with van der Waals surface area (Å²) < 4.78 is 10.8. The van der Waals surface area contributed by atoms with E-state index in [1.807, 2.05) is 6.26 Å². The summed E-state index contributed by atoms with van der Waals surface area (Å²) in [5, 5.41) is 3.39. The van der Waals surface area contributed by atoms with Gasteiger partial charge in [-0.25, -0.2) is 0 Å². The molecular formula is C16H26N2O2. The number of methoxy groups -OCH3 is 1. The Hall–Kier alpha value is -1.10. The van der Waals surface area contributed by atoms with Crippen molar-refractivity contribution in [1.29, 1.82) is 0 Å². The monoisotopic (exact) mass is 278 g/mol. The van der Waals surface area contributed by atoms with Gasteiger partial charge in [0.1, 0.15) is 5.76 Å². The van der Waals surface area contributed by atoms with Gasteiger partial charge in [-0.1, -0.05) is 13.0 Å². The Morgan fingerprint density at radius 2 is 2.35 bits per heavy atom. The summed E-state index contributed by atoms with van der Waals surface area (Å²) in [4.78, 5) is 2.40. The van der Waals surface area contributed by atoms with Crippen LogP contribution in [0.15, 0.2) is 28.4 Å². The van der Waals surface area contributed by atoms with E-state index in [1.165, 1.54) is 11.1 Å². The van der Waals surface area contributed by atoms with Crippen LogP contribution in [-0.2, 0) is 17.8 Å². The normalized spacial score (nSPS) is 16.4. The molecule has 1 aromatic heterocycles. The van der Waals surface area contributed by atoms with Crippen molar-refractivity contribution >= 4 is 0 Å². The molecule has 0 amide bonds. The van der Waals surface area contributed by atoms with Gasteiger partial charge in [0.15, 0.2) is 0 Å². The van der Waals surface area contributed by atoms with E-state index in [4.69, 9.17) is 9.15 Å². The topological polar surface area (TPSA) is 37.6 Å². The predicted molar refractivity (Wildman–Crippen MR) is 80.6 cm³/mol. The van der Waals surface area contributed by atoms with E-state index in [0.717, 1.165) is 57.9 Å². The highest BCUT2D eigenvalue weighted by atomic mass is 16.5. The van der Waals surface area contributed by atoms with Gasteiger partial charge < -0.3 is 14.5 Å². The molecule has 0 fully saturated rings. The van der Waals surface area contributed by atoms with Gasteiger partial charge in [0.2, 0.25) is 0 Å². The first kappa shape index (κ1) is 15.3. The fourth-order valence-electron chi connectivity index (χ4n) is 2.45. The molecule has 1 aliphatic heterocycles. The van der Waals surface area contributed by atoms with E-state index in [2.05, 4.69) is 29.3 Å². The number of furan rings is 1. The van der Waals surface area contributed by atoms with Gasteiger partial charge in [-0.05, 0) is 31.0 Å². The van der Waals surface area contributed by atoms with Gasteiger partial charge in [0.25, 0.3) is 0 Å². The molecule has 4 heteroatoms. The standard InChI is InChI=1S/C16H26N2O2/c1-3-6-17-10-15-9-16(20-13-15)11-18-7-4-14(5-8-18)12-19-2/h4,9,13,17H,3,5-8,10-12H2,1-2H3. The summed E-state index contributed by atoms with van der Waals surface area (Å²) >= 11 is 0. The summed E-state index contributed by atoms with van der Waals surface area (Å²) in [6, 6.07) is 2.16. The van der Waals surface area contributed by atoms with Gasteiger partial charge in [0, 0.05) is 32.3 Å². The van der Waals surface area contributed by atoms with Crippen LogP contribution in [0.2, 0.25) is 0 Å². The average molecular weight is 278 g/mol. The highest BCUT2D eigenvalue weighted by molar-refractivity contribution is 5.14. The maximum atomic E-state index is 5.65. The van der Waals surface area contributed by atoms with Crippen LogP contribution < -0.4 is 5.32 Å². The van der Waals surface area contributed by atoms with Gasteiger partial charge >= 0.3 is 0 Å². The lowest BCUT2D eigenvalue weighted by Gasteiger charge is -2.25. The van der Waals surface area contributed by atoms with Crippen LogP contribution in [0.3, 0.4) is 0 Å². The summed E-state index contributed by atoms with van der Waals surface area (Å²) in [5.74, 6) is 1.06. The minimum Gasteiger partial charge on any atom is -0.468 e. The van der Waals surface area contributed by atoms with Crippen molar-refractivity contribution < 1.29 is 9.15 Å². The second kappa shape index (κ2) is 8.25. The average Bonchev–Trinajstić information content (AvgIpc) is 2.89. The summed E-state index contributed by atoms with van der Waals surface area (Å²) in [7, 11) is 1.75. The Labute approximate surface area is 121 Å². The van der Waals surface area contributed by atoms with E-state index >= 15 is 0 Å². The molecule has 0 bridgehead atoms. The van der Waals surface area contributed by atoms with E-state index in [-0.39, 0.29) is 0 Å². The van der Waals surface area contributed by atoms with E-state index in [9.17, 15) is 0 Å². The molecule has 0 unspecified atom stereocenters. The minimum atomic E-state index is 0.766. The minimum absolute atomic E-state index is 0.766. The Kier molecular flexibility index (Phi) is 6.30. The third kappa shape index (κ3) is 4.78. The molecule has 0 spiro atoms. The first-order valence-corrected chi connectivity index (χ1v) is 7.48. The Morgan fingerprint density at radius 1 is 1.45 bits per heavy atom. The molecule has 0 aliphatic carbocycles. The highest BCUT2D eigenvalue weighted by Gasteiger charge is 2.13. The van der Waals surface area contributed by atoms with Crippen molar-refractivity contribution in [3.63, 3.8) is 0 Å². The van der Waals surface area contributed by atoms with Crippen molar-refractivity contribution in [2.24, 2.45) is 0 Å². The smallest absolute Gasteiger partial charge is 0.118 e. The predicted octanol–water partition coefficient (Wildman–Crippen LogP) is 2.56. The number of nitrogens with zero attached hydrogens (tertiary/aromatic N) is 1. The molecule has 20 heavy (non-hydrogen) atoms. The van der Waals surface area contributed by atoms with Crippen LogP contribution >= 0.6 is 0 Å². The molecule has 1 aromatic rings. The van der Waals surface area contributed by atoms with Crippen LogP contribution in [0.25, 0.3) is 0 Å². The fraction of sp³-hybridized carbons (Fsp3) is 0.625. The third-order valence-corrected chi connectivity index (χ3v) is 3.56. The second-order valence-corrected chi connectivity index (χ2v) is 5.38. The molecule has 1 aliphatic rings. The number of hydrogen-bond donors (Lipinski definition) is 1. The first-order chi connectivity index (χ1) is 9.81. The quantitative estimate of drug-likeness (QED) is 0.586. The largest absolute Gasteiger partial charge is 0.468 e. The van der Waals surface area contributed by atoms with Crippen molar-refractivity contribution in [2.45, 2.75) is 32.9 Å². The fourth-order valence-corrected chi connectivity index (χ4v) is 2.45. The van der Waals surface area contributed by atoms with E-state index < -0.39 is 0 Å². The molecule has 0 radical (unpaired) electrons. The zero-order valence-corrected chi connectivity index (χ0v) is 12.7. The van der Waals surface area contributed by atoms with Gasteiger partial charge in [-0.2, -0.15) is 0 Å². The Balaban J connectivity index is 1.77. The maximum absolute atomic E-state index is 5.65. The number of hydrogen-bond acceptors (Lipinski definition) is 4. The molecule has 2 heterocycles. The molecule has 1 N–H and O–H groups in total. The number of ether oxygens (including phenoxy) is 1. The lowest BCUT2D eigenvalue weighted by molar-refractivity contribution is 0.207. The lowest BCUT2D eigenvalue weighted by Crippen LogP contribution is -2.28. The van der Waals surface area contributed by atoms with Crippen molar-refractivity contribution in [2.75, 3.05) is 33.4 Å². The van der Waals surface area contributed by atoms with Crippen LogP contribution in [0.1, 0.15) is 31.1 Å². The van der Waals surface area contributed by atoms with Crippen molar-refractivity contribution in [3.05, 3.63) is 35.3 Å². The number of rotatable bonds is 8. The third-order valence-electron chi connectivity index (χ3n) is 3.56. The van der Waals surface area contributed by atoms with Gasteiger partial charge in [-0.15, -0.1) is 0 Å². The zero-order valence-electron chi connectivity index (χ0n) is 12.7. The van der Waals surface area contributed by atoms with Crippen LogP contribution in [0.4, 0.5) is 0 Å². The maximum Gasteiger partial charge on any atom is 0.118 e. The first-order valence-electron chi connectivity index (χ1n) is 7.48. The second-order valence-electron chi connectivity index (χ2n) is 5.38. The summed E-state index contributed by atoms with van der Waals surface area (Å²) in [5.41, 5.74) is 2.65. The molecule has 0 atom stereocenters. The molecule has 112 valence electrons. The molecular weight excluding hydrogens is 252 g/mol.